The molecule has 0 radical (unpaired) electrons. The lowest BCUT2D eigenvalue weighted by Gasteiger charge is -2.12. The molecule has 28 heavy (non-hydrogen) atoms. The fourth-order valence-electron chi connectivity index (χ4n) is 4.49. The quantitative estimate of drug-likeness (QED) is 0.383. The number of hydrogen-bond acceptors (Lipinski definition) is 4. The van der Waals surface area contributed by atoms with E-state index in [1.807, 2.05) is 29.1 Å². The number of aliphatic hydroxyl groups is 2. The molecule has 0 spiro atoms. The first-order valence-corrected chi connectivity index (χ1v) is 9.46. The lowest BCUT2D eigenvalue weighted by atomic mass is 9.97. The lowest BCUT2D eigenvalue weighted by Crippen LogP contribution is -2.45. The molecule has 1 saturated heterocycles. The molecule has 4 atom stereocenters. The number of hydrogen-bond donors (Lipinski definition) is 4. The summed E-state index contributed by atoms with van der Waals surface area (Å²) >= 11 is 0. The number of fused-ring (bicyclic) bond motifs is 4. The normalized spacial score (nSPS) is 25.3. The van der Waals surface area contributed by atoms with E-state index in [0.29, 0.717) is 0 Å². The molecule has 6 nitrogen and oxygen atoms in total. The number of aliphatic hydroxyl groups excluding tert-OH is 2. The summed E-state index contributed by atoms with van der Waals surface area (Å²) in [7, 11) is 0. The first kappa shape index (κ1) is 17.4. The topological polar surface area (TPSA) is 89.6 Å². The molecule has 0 aliphatic carbocycles. The average Bonchev–Trinajstić information content (AvgIpc) is 3.18. The van der Waals surface area contributed by atoms with Gasteiger partial charge in [0.05, 0.1) is 11.6 Å². The molecular weight excluding hydrogens is 356 g/mol. The molecule has 4 N–H and O–H groups in total. The number of aromatic hydroxyl groups is 1. The van der Waals surface area contributed by atoms with Crippen LogP contribution in [-0.2, 0) is 4.74 Å². The minimum absolute atomic E-state index is 0.235. The summed E-state index contributed by atoms with van der Waals surface area (Å²) in [5.74, 6) is 0.235. The van der Waals surface area contributed by atoms with Crippen molar-refractivity contribution in [3.8, 4) is 5.75 Å². The number of nitrogens with one attached hydrogen (secondary N) is 1. The van der Waals surface area contributed by atoms with Crippen LogP contribution in [-0.4, -0.2) is 38.6 Å². The molecule has 0 unspecified atom stereocenters. The Morgan fingerprint density at radius 3 is 2.50 bits per heavy atom. The number of rotatable bonds is 1. The van der Waals surface area contributed by atoms with E-state index in [4.69, 9.17) is 4.74 Å². The zero-order valence-corrected chi connectivity index (χ0v) is 16.0. The van der Waals surface area contributed by atoms with Gasteiger partial charge in [-0.05, 0) is 55.5 Å². The van der Waals surface area contributed by atoms with Gasteiger partial charge in [-0.2, -0.15) is 4.57 Å². The number of benzene rings is 2. The zero-order valence-electron chi connectivity index (χ0n) is 16.0. The molecule has 2 aromatic heterocycles. The Hall–Kier alpha value is -2.67. The maximum Gasteiger partial charge on any atom is 0.291 e. The Balaban J connectivity index is 1.79. The van der Waals surface area contributed by atoms with Crippen molar-refractivity contribution in [2.24, 2.45) is 0 Å². The molecule has 1 aliphatic rings. The van der Waals surface area contributed by atoms with Crippen LogP contribution in [0.4, 0.5) is 0 Å². The molecule has 1 fully saturated rings. The highest BCUT2D eigenvalue weighted by atomic mass is 16.6. The monoisotopic (exact) mass is 379 g/mol. The number of H-pyrrole nitrogens is 1. The number of nitrogens with zero attached hydrogens (tertiary/aromatic N) is 1. The number of phenols is 1. The first-order chi connectivity index (χ1) is 13.4. The Morgan fingerprint density at radius 2 is 1.79 bits per heavy atom. The highest BCUT2D eigenvalue weighted by Gasteiger charge is 2.46. The van der Waals surface area contributed by atoms with E-state index in [1.54, 1.807) is 19.1 Å². The summed E-state index contributed by atoms with van der Waals surface area (Å²) in [5.41, 5.74) is 4.25. The summed E-state index contributed by atoms with van der Waals surface area (Å²) in [6.07, 6.45) is 0.912. The highest BCUT2D eigenvalue weighted by molar-refractivity contribution is 6.16. The van der Waals surface area contributed by atoms with Gasteiger partial charge in [0.2, 0.25) is 0 Å². The lowest BCUT2D eigenvalue weighted by molar-refractivity contribution is -0.764. The molecule has 2 aromatic carbocycles. The van der Waals surface area contributed by atoms with Crippen LogP contribution in [0.1, 0.15) is 24.3 Å². The van der Waals surface area contributed by atoms with Gasteiger partial charge in [0.25, 0.3) is 6.23 Å². The third kappa shape index (κ3) is 2.29. The fourth-order valence-corrected chi connectivity index (χ4v) is 4.49. The van der Waals surface area contributed by atoms with Gasteiger partial charge in [-0.1, -0.05) is 0 Å². The molecular formula is C22H23N2O4+. The van der Waals surface area contributed by atoms with Crippen LogP contribution in [0.2, 0.25) is 0 Å². The first-order valence-electron chi connectivity index (χ1n) is 9.46. The van der Waals surface area contributed by atoms with Crippen LogP contribution < -0.4 is 4.57 Å². The van der Waals surface area contributed by atoms with Gasteiger partial charge in [-0.3, -0.25) is 0 Å². The minimum atomic E-state index is -0.979. The van der Waals surface area contributed by atoms with Crippen LogP contribution in [0, 0.1) is 13.8 Å². The summed E-state index contributed by atoms with van der Waals surface area (Å²) < 4.78 is 7.60. The van der Waals surface area contributed by atoms with Crippen molar-refractivity contribution in [1.82, 2.24) is 4.98 Å². The number of phenolic OH excluding ortho intramolecular Hbond substituents is 1. The van der Waals surface area contributed by atoms with Gasteiger partial charge in [-0.25, -0.2) is 0 Å². The second-order valence-corrected chi connectivity index (χ2v) is 7.79. The third-order valence-electron chi connectivity index (χ3n) is 6.09. The average molecular weight is 379 g/mol. The zero-order chi connectivity index (χ0) is 19.7. The Bertz CT molecular complexity index is 1250. The van der Waals surface area contributed by atoms with Crippen molar-refractivity contribution in [2.45, 2.75) is 45.3 Å². The van der Waals surface area contributed by atoms with E-state index in [2.05, 4.69) is 18.8 Å². The van der Waals surface area contributed by atoms with Crippen LogP contribution in [0.5, 0.6) is 5.75 Å². The van der Waals surface area contributed by atoms with Crippen LogP contribution in [0.3, 0.4) is 0 Å². The van der Waals surface area contributed by atoms with Gasteiger partial charge in [0.15, 0.2) is 18.5 Å². The van der Waals surface area contributed by atoms with Crippen molar-refractivity contribution in [2.75, 3.05) is 0 Å². The van der Waals surface area contributed by atoms with Crippen molar-refractivity contribution in [3.05, 3.63) is 47.8 Å². The summed E-state index contributed by atoms with van der Waals surface area (Å²) in [6.45, 7) is 5.90. The molecule has 0 amide bonds. The smallest absolute Gasteiger partial charge is 0.291 e. The Labute approximate surface area is 161 Å². The van der Waals surface area contributed by atoms with E-state index in [1.165, 1.54) is 0 Å². The number of ether oxygens (including phenoxy) is 1. The molecule has 144 valence electrons. The highest BCUT2D eigenvalue weighted by Crippen LogP contribution is 2.37. The predicted molar refractivity (Wildman–Crippen MR) is 106 cm³/mol. The van der Waals surface area contributed by atoms with Crippen LogP contribution >= 0.6 is 0 Å². The molecule has 0 bridgehead atoms. The molecule has 5 rings (SSSR count). The van der Waals surface area contributed by atoms with Crippen molar-refractivity contribution >= 4 is 32.6 Å². The maximum absolute atomic E-state index is 10.4. The van der Waals surface area contributed by atoms with Crippen LogP contribution in [0.25, 0.3) is 32.6 Å². The summed E-state index contributed by atoms with van der Waals surface area (Å²) in [4.78, 5) is 3.48. The molecule has 0 saturated carbocycles. The van der Waals surface area contributed by atoms with E-state index < -0.39 is 24.5 Å². The standard InChI is InChI=1S/C22H22N2O4/c1-10-16-9-24(22-21(27)20(26)12(3)28-22)7-6-14(16)11(2)19-18(10)15-8-13(25)4-5-17(15)23-19/h4-9,12,20-22,25-27H,1-3H3/p+1/t12-,20-,21+,22+/m0/s1. The van der Waals surface area contributed by atoms with Gasteiger partial charge < -0.3 is 25.0 Å². The number of aromatic nitrogens is 2. The Morgan fingerprint density at radius 1 is 1.00 bits per heavy atom. The molecule has 6 heteroatoms. The second kappa shape index (κ2) is 5.91. The van der Waals surface area contributed by atoms with Gasteiger partial charge >= 0.3 is 0 Å². The minimum Gasteiger partial charge on any atom is -0.508 e. The van der Waals surface area contributed by atoms with Crippen LogP contribution in [0.15, 0.2) is 36.7 Å². The van der Waals surface area contributed by atoms with E-state index >= 15 is 0 Å². The largest absolute Gasteiger partial charge is 0.508 e. The van der Waals surface area contributed by atoms with E-state index in [-0.39, 0.29) is 5.75 Å². The number of aromatic amines is 1. The number of pyridine rings is 1. The maximum atomic E-state index is 10.4. The van der Waals surface area contributed by atoms with E-state index in [0.717, 1.165) is 43.7 Å². The molecule has 1 aliphatic heterocycles. The molecule has 4 aromatic rings. The third-order valence-corrected chi connectivity index (χ3v) is 6.09. The van der Waals surface area contributed by atoms with Crippen molar-refractivity contribution in [1.29, 1.82) is 0 Å². The van der Waals surface area contributed by atoms with Crippen molar-refractivity contribution in [3.63, 3.8) is 0 Å². The summed E-state index contributed by atoms with van der Waals surface area (Å²) in [6, 6.07) is 7.37. The molecule has 3 heterocycles. The van der Waals surface area contributed by atoms with E-state index in [9.17, 15) is 15.3 Å². The fraction of sp³-hybridized carbons (Fsp3) is 0.318. The second-order valence-electron chi connectivity index (χ2n) is 7.79. The number of aryl methyl sites for hydroxylation is 2. The Kier molecular flexibility index (Phi) is 3.68. The van der Waals surface area contributed by atoms with Gasteiger partial charge in [0, 0.05) is 27.7 Å². The summed E-state index contributed by atoms with van der Waals surface area (Å²) in [5, 5.41) is 34.6. The SMILES string of the molecule is Cc1c2cc[n+]([C@@H]3O[C@@H](C)[C@H](O)[C@H]3O)cc2c(C)c2c1[nH]c1ccc(O)cc12. The van der Waals surface area contributed by atoms with Crippen molar-refractivity contribution < 1.29 is 24.6 Å². The van der Waals surface area contributed by atoms with Gasteiger partial charge in [0.1, 0.15) is 11.9 Å². The van der Waals surface area contributed by atoms with Gasteiger partial charge in [-0.15, -0.1) is 0 Å². The predicted octanol–water partition coefficient (Wildman–Crippen LogP) is 2.72.